The van der Waals surface area contributed by atoms with E-state index in [-0.39, 0.29) is 11.8 Å². The van der Waals surface area contributed by atoms with Crippen LogP contribution in [-0.4, -0.2) is 35.8 Å². The van der Waals surface area contributed by atoms with E-state index in [1.54, 1.807) is 4.90 Å². The number of amides is 2. The molecule has 1 N–H and O–H groups in total. The summed E-state index contributed by atoms with van der Waals surface area (Å²) >= 11 is 0. The Morgan fingerprint density at radius 1 is 0.871 bits per heavy atom. The van der Waals surface area contributed by atoms with Crippen molar-refractivity contribution in [2.75, 3.05) is 13.1 Å². The molecule has 0 bridgehead atoms. The summed E-state index contributed by atoms with van der Waals surface area (Å²) < 4.78 is 0. The molecular weight excluding hydrogens is 384 g/mol. The Balaban J connectivity index is 2.07. The van der Waals surface area contributed by atoms with Gasteiger partial charge in [0.25, 0.3) is 0 Å². The third-order valence-electron chi connectivity index (χ3n) is 5.76. The largest absolute Gasteiger partial charge is 0.354 e. The SMILES string of the molecule is CCCCNC(=O)[C@@H](CC)N(CCc1ccccc1)C(=O)CCc1ccc(CC)cc1. The first kappa shape index (κ1) is 24.6. The molecule has 4 nitrogen and oxygen atoms in total. The zero-order valence-corrected chi connectivity index (χ0v) is 19.4. The van der Waals surface area contributed by atoms with Crippen molar-refractivity contribution in [2.45, 2.75) is 71.8 Å². The molecule has 4 heteroatoms. The predicted octanol–water partition coefficient (Wildman–Crippen LogP) is 4.95. The summed E-state index contributed by atoms with van der Waals surface area (Å²) in [5, 5.41) is 3.02. The van der Waals surface area contributed by atoms with Crippen LogP contribution in [0.3, 0.4) is 0 Å². The van der Waals surface area contributed by atoms with Crippen molar-refractivity contribution < 1.29 is 9.59 Å². The van der Waals surface area contributed by atoms with Gasteiger partial charge in [-0.25, -0.2) is 0 Å². The van der Waals surface area contributed by atoms with E-state index in [0.29, 0.717) is 32.4 Å². The molecule has 0 saturated heterocycles. The predicted molar refractivity (Wildman–Crippen MR) is 128 cm³/mol. The van der Waals surface area contributed by atoms with Gasteiger partial charge in [-0.3, -0.25) is 9.59 Å². The van der Waals surface area contributed by atoms with Crippen LogP contribution in [0.5, 0.6) is 0 Å². The van der Waals surface area contributed by atoms with E-state index in [1.165, 1.54) is 11.1 Å². The lowest BCUT2D eigenvalue weighted by molar-refractivity contribution is -0.140. The number of carbonyl (C=O) groups excluding carboxylic acids is 2. The number of aryl methyl sites for hydroxylation is 2. The van der Waals surface area contributed by atoms with E-state index in [4.69, 9.17) is 0 Å². The maximum Gasteiger partial charge on any atom is 0.242 e. The molecule has 0 spiro atoms. The van der Waals surface area contributed by atoms with E-state index in [9.17, 15) is 9.59 Å². The minimum Gasteiger partial charge on any atom is -0.354 e. The van der Waals surface area contributed by atoms with Gasteiger partial charge >= 0.3 is 0 Å². The molecule has 168 valence electrons. The van der Waals surface area contributed by atoms with Crippen LogP contribution in [0.25, 0.3) is 0 Å². The third-order valence-corrected chi connectivity index (χ3v) is 5.76. The lowest BCUT2D eigenvalue weighted by Gasteiger charge is -2.30. The highest BCUT2D eigenvalue weighted by atomic mass is 16.2. The Kier molecular flexibility index (Phi) is 10.8. The molecule has 0 unspecified atom stereocenters. The Labute approximate surface area is 188 Å². The highest BCUT2D eigenvalue weighted by Crippen LogP contribution is 2.13. The van der Waals surface area contributed by atoms with Crippen molar-refractivity contribution in [3.05, 3.63) is 71.3 Å². The van der Waals surface area contributed by atoms with Crippen LogP contribution in [0, 0.1) is 0 Å². The highest BCUT2D eigenvalue weighted by Gasteiger charge is 2.27. The number of nitrogens with zero attached hydrogens (tertiary/aromatic N) is 1. The number of unbranched alkanes of at least 4 members (excludes halogenated alkanes) is 1. The van der Waals surface area contributed by atoms with E-state index >= 15 is 0 Å². The molecule has 0 aliphatic heterocycles. The zero-order chi connectivity index (χ0) is 22.5. The first-order valence-electron chi connectivity index (χ1n) is 11.8. The summed E-state index contributed by atoms with van der Waals surface area (Å²) in [5.74, 6) is 0.0117. The summed E-state index contributed by atoms with van der Waals surface area (Å²) in [5.41, 5.74) is 3.64. The fraction of sp³-hybridized carbons (Fsp3) is 0.481. The molecule has 0 aliphatic rings. The Morgan fingerprint density at radius 3 is 2.13 bits per heavy atom. The van der Waals surface area contributed by atoms with E-state index in [0.717, 1.165) is 31.2 Å². The first-order valence-corrected chi connectivity index (χ1v) is 11.8. The summed E-state index contributed by atoms with van der Waals surface area (Å²) in [7, 11) is 0. The lowest BCUT2D eigenvalue weighted by Crippen LogP contribution is -2.50. The van der Waals surface area contributed by atoms with Gasteiger partial charge in [-0.05, 0) is 48.8 Å². The quantitative estimate of drug-likeness (QED) is 0.465. The van der Waals surface area contributed by atoms with Crippen molar-refractivity contribution in [3.63, 3.8) is 0 Å². The normalized spacial score (nSPS) is 11.7. The molecule has 31 heavy (non-hydrogen) atoms. The average molecular weight is 423 g/mol. The Bertz CT molecular complexity index is 787. The molecule has 1 atom stereocenters. The number of carbonyl (C=O) groups is 2. The summed E-state index contributed by atoms with van der Waals surface area (Å²) in [6.07, 6.45) is 5.47. The molecule has 2 amide bonds. The number of rotatable bonds is 13. The molecule has 0 heterocycles. The monoisotopic (exact) mass is 422 g/mol. The van der Waals surface area contributed by atoms with Crippen molar-refractivity contribution in [2.24, 2.45) is 0 Å². The summed E-state index contributed by atoms with van der Waals surface area (Å²) in [6, 6.07) is 18.2. The average Bonchev–Trinajstić information content (AvgIpc) is 2.81. The molecule has 0 fully saturated rings. The molecule has 2 aromatic rings. The number of nitrogens with one attached hydrogen (secondary N) is 1. The zero-order valence-electron chi connectivity index (χ0n) is 19.4. The minimum atomic E-state index is -0.421. The lowest BCUT2D eigenvalue weighted by atomic mass is 10.0. The van der Waals surface area contributed by atoms with Crippen molar-refractivity contribution in [3.8, 4) is 0 Å². The second kappa shape index (κ2) is 13.6. The number of hydrogen-bond acceptors (Lipinski definition) is 2. The molecule has 0 aliphatic carbocycles. The molecule has 2 aromatic carbocycles. The van der Waals surface area contributed by atoms with Gasteiger partial charge < -0.3 is 10.2 Å². The van der Waals surface area contributed by atoms with Crippen LogP contribution in [0.2, 0.25) is 0 Å². The molecule has 0 radical (unpaired) electrons. The second-order valence-electron chi connectivity index (χ2n) is 8.06. The fourth-order valence-corrected chi connectivity index (χ4v) is 3.74. The summed E-state index contributed by atoms with van der Waals surface area (Å²) in [4.78, 5) is 27.9. The smallest absolute Gasteiger partial charge is 0.242 e. The van der Waals surface area contributed by atoms with Gasteiger partial charge in [0, 0.05) is 19.5 Å². The van der Waals surface area contributed by atoms with Crippen molar-refractivity contribution >= 4 is 11.8 Å². The van der Waals surface area contributed by atoms with E-state index in [2.05, 4.69) is 55.6 Å². The third kappa shape index (κ3) is 8.20. The van der Waals surface area contributed by atoms with Crippen LogP contribution in [0.4, 0.5) is 0 Å². The minimum absolute atomic E-state index is 0.0374. The van der Waals surface area contributed by atoms with Crippen LogP contribution in [-0.2, 0) is 28.9 Å². The highest BCUT2D eigenvalue weighted by molar-refractivity contribution is 5.87. The van der Waals surface area contributed by atoms with Gasteiger partial charge in [0.15, 0.2) is 0 Å². The first-order chi connectivity index (χ1) is 15.1. The molecular formula is C27H38N2O2. The standard InChI is InChI=1S/C27H38N2O2/c1-4-7-20-28-27(31)25(6-3)29(21-19-23-11-9-8-10-12-23)26(30)18-17-24-15-13-22(5-2)14-16-24/h8-16,25H,4-7,17-21H2,1-3H3,(H,28,31)/t25-/m1/s1. The van der Waals surface area contributed by atoms with Crippen LogP contribution >= 0.6 is 0 Å². The maximum atomic E-state index is 13.2. The van der Waals surface area contributed by atoms with Gasteiger partial charge in [-0.2, -0.15) is 0 Å². The Morgan fingerprint density at radius 2 is 1.52 bits per heavy atom. The van der Waals surface area contributed by atoms with Gasteiger partial charge in [0.1, 0.15) is 6.04 Å². The van der Waals surface area contributed by atoms with E-state index in [1.807, 2.05) is 25.1 Å². The topological polar surface area (TPSA) is 49.4 Å². The van der Waals surface area contributed by atoms with Gasteiger partial charge in [0.05, 0.1) is 0 Å². The van der Waals surface area contributed by atoms with Gasteiger partial charge in [-0.1, -0.05) is 81.8 Å². The van der Waals surface area contributed by atoms with Crippen molar-refractivity contribution in [1.29, 1.82) is 0 Å². The maximum absolute atomic E-state index is 13.2. The number of benzene rings is 2. The number of hydrogen-bond donors (Lipinski definition) is 1. The fourth-order valence-electron chi connectivity index (χ4n) is 3.74. The van der Waals surface area contributed by atoms with Crippen LogP contribution in [0.1, 0.15) is 63.1 Å². The second-order valence-corrected chi connectivity index (χ2v) is 8.06. The molecule has 0 aromatic heterocycles. The molecule has 0 saturated carbocycles. The Hall–Kier alpha value is -2.62. The van der Waals surface area contributed by atoms with Gasteiger partial charge in [-0.15, -0.1) is 0 Å². The van der Waals surface area contributed by atoms with Crippen LogP contribution in [0.15, 0.2) is 54.6 Å². The van der Waals surface area contributed by atoms with Gasteiger partial charge in [0.2, 0.25) is 11.8 Å². The van der Waals surface area contributed by atoms with Crippen molar-refractivity contribution in [1.82, 2.24) is 10.2 Å². The van der Waals surface area contributed by atoms with E-state index < -0.39 is 6.04 Å². The van der Waals surface area contributed by atoms with Crippen LogP contribution < -0.4 is 5.32 Å². The molecule has 2 rings (SSSR count). The summed E-state index contributed by atoms with van der Waals surface area (Å²) in [6.45, 7) is 7.44.